The second kappa shape index (κ2) is 10.8. The first-order chi connectivity index (χ1) is 17.5. The zero-order chi connectivity index (χ0) is 29.8. The highest BCUT2D eigenvalue weighted by molar-refractivity contribution is 8.18. The molecule has 0 radical (unpaired) electrons. The van der Waals surface area contributed by atoms with Gasteiger partial charge >= 0.3 is 0 Å². The van der Waals surface area contributed by atoms with Crippen LogP contribution in [-0.2, 0) is 21.7 Å². The summed E-state index contributed by atoms with van der Waals surface area (Å²) in [7, 11) is 2.21. The van der Waals surface area contributed by atoms with Gasteiger partial charge in [-0.1, -0.05) is 83.1 Å². The lowest BCUT2D eigenvalue weighted by Gasteiger charge is -2.40. The van der Waals surface area contributed by atoms with Gasteiger partial charge in [-0.15, -0.1) is 23.5 Å². The van der Waals surface area contributed by atoms with Gasteiger partial charge in [-0.3, -0.25) is 0 Å². The summed E-state index contributed by atoms with van der Waals surface area (Å²) in [4.78, 5) is 4.88. The Balaban J connectivity index is 2.17. The molecule has 3 rings (SSSR count). The van der Waals surface area contributed by atoms with Gasteiger partial charge in [0.2, 0.25) is 0 Å². The molecule has 2 N–H and O–H groups in total. The highest BCUT2D eigenvalue weighted by Gasteiger charge is 2.38. The van der Waals surface area contributed by atoms with E-state index in [1.54, 1.807) is 0 Å². The van der Waals surface area contributed by atoms with E-state index >= 15 is 0 Å². The van der Waals surface area contributed by atoms with Gasteiger partial charge in [0, 0.05) is 32.0 Å². The van der Waals surface area contributed by atoms with E-state index in [9.17, 15) is 10.2 Å². The zero-order valence-corrected chi connectivity index (χ0v) is 28.4. The Kier molecular flexibility index (Phi) is 8.95. The molecule has 39 heavy (non-hydrogen) atoms. The molecule has 1 fully saturated rings. The number of nitrogens with zero attached hydrogens (tertiary/aromatic N) is 1. The van der Waals surface area contributed by atoms with Gasteiger partial charge in [0.1, 0.15) is 11.5 Å². The molecule has 0 spiro atoms. The van der Waals surface area contributed by atoms with Crippen LogP contribution >= 0.6 is 23.5 Å². The Labute approximate surface area is 247 Å². The van der Waals surface area contributed by atoms with Gasteiger partial charge in [-0.25, -0.2) is 0 Å². The lowest BCUT2D eigenvalue weighted by atomic mass is 9.79. The molecule has 1 aliphatic heterocycles. The maximum Gasteiger partial charge on any atom is 0.123 e. The van der Waals surface area contributed by atoms with Crippen LogP contribution in [0.3, 0.4) is 0 Å². The summed E-state index contributed by atoms with van der Waals surface area (Å²) in [5.74, 6) is 0.875. The van der Waals surface area contributed by atoms with Crippen LogP contribution in [0.5, 0.6) is 11.5 Å². The van der Waals surface area contributed by atoms with E-state index in [1.165, 1.54) is 9.79 Å². The quantitative estimate of drug-likeness (QED) is 0.358. The third kappa shape index (κ3) is 7.51. The fraction of sp³-hybridized carbons (Fsp3) is 0.647. The van der Waals surface area contributed by atoms with E-state index < -0.39 is 0 Å². The van der Waals surface area contributed by atoms with Crippen LogP contribution in [0, 0.1) is 0 Å². The predicted molar refractivity (Wildman–Crippen MR) is 172 cm³/mol. The van der Waals surface area contributed by atoms with Crippen molar-refractivity contribution < 1.29 is 10.2 Å². The number of rotatable bonds is 4. The van der Waals surface area contributed by atoms with Crippen molar-refractivity contribution in [2.45, 2.75) is 131 Å². The molecule has 0 amide bonds. The van der Waals surface area contributed by atoms with Crippen molar-refractivity contribution in [3.63, 3.8) is 0 Å². The average molecular weight is 572 g/mol. The first-order valence-electron chi connectivity index (χ1n) is 14.4. The topological polar surface area (TPSA) is 43.7 Å². The smallest absolute Gasteiger partial charge is 0.123 e. The van der Waals surface area contributed by atoms with Gasteiger partial charge in [-0.05, 0) is 78.9 Å². The average Bonchev–Trinajstić information content (AvgIpc) is 2.75. The Bertz CT molecular complexity index is 1030. The van der Waals surface area contributed by atoms with Crippen molar-refractivity contribution in [2.24, 2.45) is 0 Å². The summed E-state index contributed by atoms with van der Waals surface area (Å²) in [6.45, 7) is 28.3. The molecular weight excluding hydrogens is 519 g/mol. The van der Waals surface area contributed by atoms with Crippen LogP contribution in [-0.4, -0.2) is 39.3 Å². The molecule has 0 saturated carbocycles. The van der Waals surface area contributed by atoms with Crippen LogP contribution in [0.4, 0.5) is 0 Å². The number of hydrogen-bond acceptors (Lipinski definition) is 5. The minimum absolute atomic E-state index is 0.0466. The molecule has 1 aliphatic rings. The number of aromatic hydroxyl groups is 2. The molecule has 0 unspecified atom stereocenters. The number of benzene rings is 2. The Morgan fingerprint density at radius 2 is 0.821 bits per heavy atom. The summed E-state index contributed by atoms with van der Waals surface area (Å²) in [5, 5.41) is 22.6. The third-order valence-corrected chi connectivity index (χ3v) is 10.8. The Morgan fingerprint density at radius 1 is 0.564 bits per heavy atom. The molecule has 0 bridgehead atoms. The van der Waals surface area contributed by atoms with Gasteiger partial charge in [0.25, 0.3) is 0 Å². The summed E-state index contributed by atoms with van der Waals surface area (Å²) in [5.41, 5.74) is 3.42. The highest BCUT2D eigenvalue weighted by Crippen LogP contribution is 2.55. The van der Waals surface area contributed by atoms with Gasteiger partial charge in [0.15, 0.2) is 0 Å². The molecule has 2 aromatic rings. The lowest BCUT2D eigenvalue weighted by molar-refractivity contribution is 0.272. The molecular formula is C34H53NO2S2. The van der Waals surface area contributed by atoms with Gasteiger partial charge in [-0.2, -0.15) is 0 Å². The fourth-order valence-electron chi connectivity index (χ4n) is 5.23. The third-order valence-electron chi connectivity index (χ3n) is 7.76. The number of likely N-dealkylation sites (tertiary alicyclic amines) is 1. The van der Waals surface area contributed by atoms with E-state index in [1.807, 2.05) is 23.5 Å². The standard InChI is InChI=1S/C34H53NO2S2/c1-30(2,3)24-18-22(19-25(28(24)36)31(4,5)6)38-34(14-16-35(13)17-15-34)39-23-20-26(32(7,8)9)29(37)27(21-23)33(10,11)12/h18-21,36-37H,14-17H2,1-13H3. The fourth-order valence-corrected chi connectivity index (χ4v) is 8.32. The van der Waals surface area contributed by atoms with Crippen LogP contribution in [0.25, 0.3) is 0 Å². The van der Waals surface area contributed by atoms with Crippen LogP contribution < -0.4 is 0 Å². The minimum Gasteiger partial charge on any atom is -0.507 e. The molecule has 5 heteroatoms. The van der Waals surface area contributed by atoms with Crippen LogP contribution in [0.15, 0.2) is 34.1 Å². The summed E-state index contributed by atoms with van der Waals surface area (Å²) in [6, 6.07) is 8.92. The highest BCUT2D eigenvalue weighted by atomic mass is 32.2. The van der Waals surface area contributed by atoms with Crippen molar-refractivity contribution in [1.29, 1.82) is 0 Å². The first kappa shape index (κ1) is 32.2. The van der Waals surface area contributed by atoms with Crippen molar-refractivity contribution in [3.8, 4) is 11.5 Å². The first-order valence-corrected chi connectivity index (χ1v) is 16.0. The lowest BCUT2D eigenvalue weighted by Crippen LogP contribution is -2.38. The monoisotopic (exact) mass is 571 g/mol. The normalized spacial score (nSPS) is 17.5. The molecule has 218 valence electrons. The minimum atomic E-state index is -0.159. The molecule has 1 saturated heterocycles. The largest absolute Gasteiger partial charge is 0.507 e. The van der Waals surface area contributed by atoms with E-state index in [4.69, 9.17) is 0 Å². The summed E-state index contributed by atoms with van der Waals surface area (Å²) >= 11 is 3.94. The maximum atomic E-state index is 11.3. The second-order valence-corrected chi connectivity index (χ2v) is 18.8. The number of piperidine rings is 1. The molecule has 1 heterocycles. The van der Waals surface area contributed by atoms with Crippen molar-refractivity contribution >= 4 is 23.5 Å². The molecule has 0 aromatic heterocycles. The Morgan fingerprint density at radius 3 is 1.05 bits per heavy atom. The summed E-state index contributed by atoms with van der Waals surface area (Å²) < 4.78 is -0.0466. The van der Waals surface area contributed by atoms with E-state index in [-0.39, 0.29) is 25.7 Å². The number of thioether (sulfide) groups is 2. The molecule has 0 atom stereocenters. The number of phenolic OH excluding ortho intramolecular Hbond substituents is 2. The molecule has 0 aliphatic carbocycles. The van der Waals surface area contributed by atoms with Crippen molar-refractivity contribution in [2.75, 3.05) is 20.1 Å². The van der Waals surface area contributed by atoms with Crippen LogP contribution in [0.1, 0.15) is 118 Å². The van der Waals surface area contributed by atoms with E-state index in [0.717, 1.165) is 48.2 Å². The SMILES string of the molecule is CN1CCC(Sc2cc(C(C)(C)C)c(O)c(C(C)(C)C)c2)(Sc2cc(C(C)(C)C)c(O)c(C(C)(C)C)c2)CC1. The zero-order valence-electron chi connectivity index (χ0n) is 26.8. The van der Waals surface area contributed by atoms with E-state index in [0.29, 0.717) is 11.5 Å². The summed E-state index contributed by atoms with van der Waals surface area (Å²) in [6.07, 6.45) is 2.12. The van der Waals surface area contributed by atoms with Crippen molar-refractivity contribution in [3.05, 3.63) is 46.5 Å². The van der Waals surface area contributed by atoms with Crippen molar-refractivity contribution in [1.82, 2.24) is 4.90 Å². The van der Waals surface area contributed by atoms with E-state index in [2.05, 4.69) is 119 Å². The van der Waals surface area contributed by atoms with Gasteiger partial charge < -0.3 is 15.1 Å². The maximum absolute atomic E-state index is 11.3. The second-order valence-electron chi connectivity index (χ2n) is 15.7. The number of phenols is 2. The molecule has 3 nitrogen and oxygen atoms in total. The number of hydrogen-bond donors (Lipinski definition) is 2. The Hall–Kier alpha value is -1.30. The predicted octanol–water partition coefficient (Wildman–Crippen LogP) is 9.59. The van der Waals surface area contributed by atoms with Gasteiger partial charge in [0.05, 0.1) is 4.08 Å². The van der Waals surface area contributed by atoms with Crippen LogP contribution in [0.2, 0.25) is 0 Å². The molecule has 2 aromatic carbocycles.